The molecular weight excluding hydrogens is 625 g/mol. The van der Waals surface area contributed by atoms with Crippen LogP contribution >= 0.6 is 0 Å². The van der Waals surface area contributed by atoms with Crippen molar-refractivity contribution in [1.29, 1.82) is 0 Å². The van der Waals surface area contributed by atoms with E-state index in [1.54, 1.807) is 0 Å². The van der Waals surface area contributed by atoms with Crippen LogP contribution < -0.4 is 0 Å². The largest absolute Gasteiger partial charge is 0.456 e. The highest BCUT2D eigenvalue weighted by Crippen LogP contribution is 2.44. The molecule has 3 aromatic heterocycles. The second-order valence-electron chi connectivity index (χ2n) is 15.6. The Bertz CT molecular complexity index is 2750. The Balaban J connectivity index is 1.30. The predicted molar refractivity (Wildman–Crippen MR) is 213 cm³/mol. The normalized spacial score (nSPS) is 12.6. The summed E-state index contributed by atoms with van der Waals surface area (Å²) in [4.78, 5) is 5.36. The number of aromatic nitrogens is 2. The van der Waals surface area contributed by atoms with E-state index in [1.165, 1.54) is 33.5 Å². The quantitative estimate of drug-likeness (QED) is 0.184. The van der Waals surface area contributed by atoms with E-state index in [0.29, 0.717) is 0 Å². The van der Waals surface area contributed by atoms with Crippen molar-refractivity contribution in [3.63, 3.8) is 0 Å². The number of benzene rings is 6. The molecule has 0 saturated heterocycles. The molecular formula is C47H42N2O2. The van der Waals surface area contributed by atoms with Crippen molar-refractivity contribution in [1.82, 2.24) is 9.55 Å². The maximum absolute atomic E-state index is 6.82. The molecule has 0 bridgehead atoms. The van der Waals surface area contributed by atoms with Gasteiger partial charge in [0, 0.05) is 21.5 Å². The van der Waals surface area contributed by atoms with Crippen LogP contribution in [0.25, 0.3) is 83.1 Å². The highest BCUT2D eigenvalue weighted by molar-refractivity contribution is 6.16. The molecule has 0 aliphatic heterocycles. The lowest BCUT2D eigenvalue weighted by Gasteiger charge is -2.25. The minimum Gasteiger partial charge on any atom is -0.456 e. The molecule has 0 radical (unpaired) electrons. The zero-order valence-corrected chi connectivity index (χ0v) is 30.3. The molecule has 0 unspecified atom stereocenters. The molecule has 0 N–H and O–H groups in total. The molecule has 9 rings (SSSR count). The van der Waals surface area contributed by atoms with Crippen LogP contribution in [0.1, 0.15) is 77.0 Å². The molecule has 4 heteroatoms. The van der Waals surface area contributed by atoms with E-state index in [9.17, 15) is 0 Å². The fraction of sp³-hybridized carbons (Fsp3) is 0.213. The van der Waals surface area contributed by atoms with Crippen molar-refractivity contribution >= 4 is 54.9 Å². The van der Waals surface area contributed by atoms with E-state index in [4.69, 9.17) is 13.8 Å². The fourth-order valence-corrected chi connectivity index (χ4v) is 7.77. The van der Waals surface area contributed by atoms with Crippen LogP contribution in [-0.2, 0) is 5.41 Å². The van der Waals surface area contributed by atoms with Crippen molar-refractivity contribution < 1.29 is 8.83 Å². The minimum atomic E-state index is 0.107. The number of furan rings is 2. The summed E-state index contributed by atoms with van der Waals surface area (Å²) in [5.74, 6) is 1.42. The zero-order valence-electron chi connectivity index (χ0n) is 30.3. The predicted octanol–water partition coefficient (Wildman–Crippen LogP) is 13.7. The zero-order chi connectivity index (χ0) is 35.2. The van der Waals surface area contributed by atoms with Crippen LogP contribution in [0.4, 0.5) is 0 Å². The average molecular weight is 667 g/mol. The lowest BCUT2D eigenvalue weighted by atomic mass is 9.85. The highest BCUT2D eigenvalue weighted by Gasteiger charge is 2.26. The number of rotatable bonds is 5. The van der Waals surface area contributed by atoms with Gasteiger partial charge in [0.05, 0.1) is 22.3 Å². The van der Waals surface area contributed by atoms with Crippen LogP contribution in [0.3, 0.4) is 0 Å². The van der Waals surface area contributed by atoms with Crippen LogP contribution in [0.2, 0.25) is 0 Å². The fourth-order valence-electron chi connectivity index (χ4n) is 7.77. The molecule has 6 aromatic carbocycles. The SMILES string of the molecule is CC(C)c1cc(-c2ccc(C(C)(C)C)cc2)cc(C(C)C)c1-n1c(-c2cccc3c2oc2cc4c(cc23)oc2ccccc24)nc2ccccc21. The van der Waals surface area contributed by atoms with Gasteiger partial charge < -0.3 is 8.83 Å². The highest BCUT2D eigenvalue weighted by atomic mass is 16.3. The van der Waals surface area contributed by atoms with Crippen LogP contribution in [-0.4, -0.2) is 9.55 Å². The second-order valence-corrected chi connectivity index (χ2v) is 15.6. The van der Waals surface area contributed by atoms with Gasteiger partial charge in [0.1, 0.15) is 28.2 Å². The first-order valence-electron chi connectivity index (χ1n) is 18.1. The average Bonchev–Trinajstić information content (AvgIpc) is 3.80. The topological polar surface area (TPSA) is 44.1 Å². The van der Waals surface area contributed by atoms with E-state index in [0.717, 1.165) is 66.3 Å². The number of para-hydroxylation sites is 4. The maximum atomic E-state index is 6.82. The Hall–Kier alpha value is -5.61. The Morgan fingerprint density at radius 2 is 1.20 bits per heavy atom. The number of nitrogens with zero attached hydrogens (tertiary/aromatic N) is 2. The van der Waals surface area contributed by atoms with E-state index in [-0.39, 0.29) is 17.3 Å². The van der Waals surface area contributed by atoms with Crippen molar-refractivity contribution in [3.05, 3.63) is 132 Å². The minimum absolute atomic E-state index is 0.107. The molecule has 0 fully saturated rings. The molecule has 0 aliphatic rings. The number of hydrogen-bond donors (Lipinski definition) is 0. The van der Waals surface area contributed by atoms with Crippen molar-refractivity contribution in [2.75, 3.05) is 0 Å². The summed E-state index contributed by atoms with van der Waals surface area (Å²) in [6.45, 7) is 16.0. The van der Waals surface area contributed by atoms with Crippen molar-refractivity contribution in [3.8, 4) is 28.2 Å². The summed E-state index contributed by atoms with van der Waals surface area (Å²) < 4.78 is 15.5. The van der Waals surface area contributed by atoms with Gasteiger partial charge in [-0.05, 0) is 93.6 Å². The Kier molecular flexibility index (Phi) is 7.05. The van der Waals surface area contributed by atoms with Gasteiger partial charge >= 0.3 is 0 Å². The molecule has 0 spiro atoms. The third kappa shape index (κ3) is 4.99. The lowest BCUT2D eigenvalue weighted by molar-refractivity contribution is 0.590. The molecule has 3 heterocycles. The Morgan fingerprint density at radius 1 is 0.569 bits per heavy atom. The molecule has 0 aliphatic carbocycles. The van der Waals surface area contributed by atoms with Crippen LogP contribution in [0.15, 0.2) is 124 Å². The van der Waals surface area contributed by atoms with Crippen molar-refractivity contribution in [2.45, 2.75) is 65.7 Å². The molecule has 0 saturated carbocycles. The number of fused-ring (bicyclic) bond motifs is 7. The summed E-state index contributed by atoms with van der Waals surface area (Å²) in [6, 6.07) is 41.3. The molecule has 51 heavy (non-hydrogen) atoms. The van der Waals surface area contributed by atoms with E-state index < -0.39 is 0 Å². The summed E-state index contributed by atoms with van der Waals surface area (Å²) in [7, 11) is 0. The van der Waals surface area contributed by atoms with Crippen LogP contribution in [0.5, 0.6) is 0 Å². The molecule has 252 valence electrons. The summed E-state index contributed by atoms with van der Waals surface area (Å²) >= 11 is 0. The summed E-state index contributed by atoms with van der Waals surface area (Å²) in [6.07, 6.45) is 0. The first kappa shape index (κ1) is 31.4. The van der Waals surface area contributed by atoms with Gasteiger partial charge in [-0.1, -0.05) is 115 Å². The summed E-state index contributed by atoms with van der Waals surface area (Å²) in [5.41, 5.74) is 14.1. The van der Waals surface area contributed by atoms with Gasteiger partial charge in [0.2, 0.25) is 0 Å². The molecule has 4 nitrogen and oxygen atoms in total. The first-order valence-corrected chi connectivity index (χ1v) is 18.1. The van der Waals surface area contributed by atoms with Gasteiger partial charge in [0.15, 0.2) is 0 Å². The van der Waals surface area contributed by atoms with Gasteiger partial charge in [-0.15, -0.1) is 0 Å². The van der Waals surface area contributed by atoms with Crippen LogP contribution in [0, 0.1) is 0 Å². The van der Waals surface area contributed by atoms with Gasteiger partial charge in [-0.25, -0.2) is 4.98 Å². The maximum Gasteiger partial charge on any atom is 0.149 e. The first-order chi connectivity index (χ1) is 24.6. The van der Waals surface area contributed by atoms with E-state index in [2.05, 4.69) is 156 Å². The van der Waals surface area contributed by atoms with Gasteiger partial charge in [0.25, 0.3) is 0 Å². The Morgan fingerprint density at radius 3 is 1.90 bits per heavy atom. The Labute approximate surface area is 298 Å². The number of hydrogen-bond acceptors (Lipinski definition) is 3. The lowest BCUT2D eigenvalue weighted by Crippen LogP contribution is -2.11. The summed E-state index contributed by atoms with van der Waals surface area (Å²) in [5, 5.41) is 4.23. The van der Waals surface area contributed by atoms with E-state index >= 15 is 0 Å². The third-order valence-corrected chi connectivity index (χ3v) is 10.5. The molecule has 9 aromatic rings. The molecule has 0 atom stereocenters. The molecule has 0 amide bonds. The standard InChI is InChI=1S/C47H42N2O2/c1-27(2)35-23-30(29-19-21-31(22-20-29)47(5,6)7)24-36(28(3)4)44(35)49-40-17-10-9-16-39(40)48-46(49)34-15-12-14-33-38-26-42-37(25-43(38)51-45(33)34)32-13-8-11-18-41(32)50-42/h8-28H,1-7H3. The van der Waals surface area contributed by atoms with Gasteiger partial charge in [-0.3, -0.25) is 4.57 Å². The smallest absolute Gasteiger partial charge is 0.149 e. The van der Waals surface area contributed by atoms with E-state index in [1.807, 2.05) is 12.1 Å². The van der Waals surface area contributed by atoms with Gasteiger partial charge in [-0.2, -0.15) is 0 Å². The monoisotopic (exact) mass is 666 g/mol. The second kappa shape index (κ2) is 11.5. The third-order valence-electron chi connectivity index (χ3n) is 10.5. The van der Waals surface area contributed by atoms with Crippen molar-refractivity contribution in [2.24, 2.45) is 0 Å². The number of imidazole rings is 1.